The molecule has 2 unspecified atom stereocenters. The molecular weight excluding hydrogens is 372 g/mol. The van der Waals surface area contributed by atoms with E-state index in [1.54, 1.807) is 18.2 Å². The first kappa shape index (κ1) is 19.6. The molecule has 8 nitrogen and oxygen atoms in total. The van der Waals surface area contributed by atoms with Gasteiger partial charge in [0.2, 0.25) is 11.8 Å². The minimum atomic E-state index is -0.939. The van der Waals surface area contributed by atoms with E-state index in [-0.39, 0.29) is 24.2 Å². The molecule has 0 spiro atoms. The van der Waals surface area contributed by atoms with Gasteiger partial charge in [0.25, 0.3) is 11.8 Å². The molecule has 2 fully saturated rings. The smallest absolute Gasteiger partial charge is 0.262 e. The first-order valence-corrected chi connectivity index (χ1v) is 10.1. The monoisotopic (exact) mass is 398 g/mol. The first-order chi connectivity index (χ1) is 13.8. The highest BCUT2D eigenvalue weighted by molar-refractivity contribution is 6.23. The van der Waals surface area contributed by atoms with Crippen LogP contribution in [0.5, 0.6) is 0 Å². The van der Waals surface area contributed by atoms with Gasteiger partial charge in [0.15, 0.2) is 0 Å². The normalized spacial score (nSPS) is 26.3. The number of anilines is 1. The Bertz CT molecular complexity index is 895. The van der Waals surface area contributed by atoms with Crippen LogP contribution >= 0.6 is 0 Å². The van der Waals surface area contributed by atoms with Gasteiger partial charge in [0.05, 0.1) is 11.1 Å². The Labute approximate surface area is 169 Å². The maximum atomic E-state index is 12.9. The number of nitrogens with zero attached hydrogens (tertiary/aromatic N) is 1. The molecule has 4 amide bonds. The van der Waals surface area contributed by atoms with E-state index >= 15 is 0 Å². The van der Waals surface area contributed by atoms with Crippen molar-refractivity contribution >= 4 is 29.3 Å². The Morgan fingerprint density at radius 3 is 2.62 bits per heavy atom. The van der Waals surface area contributed by atoms with Crippen LogP contribution in [-0.4, -0.2) is 54.2 Å². The van der Waals surface area contributed by atoms with Gasteiger partial charge in [0.1, 0.15) is 6.04 Å². The van der Waals surface area contributed by atoms with Crippen molar-refractivity contribution in [3.05, 3.63) is 29.3 Å². The Morgan fingerprint density at radius 1 is 1.14 bits per heavy atom. The van der Waals surface area contributed by atoms with E-state index in [9.17, 15) is 19.2 Å². The third kappa shape index (κ3) is 3.53. The van der Waals surface area contributed by atoms with Gasteiger partial charge in [-0.05, 0) is 48.9 Å². The molecule has 1 aromatic rings. The number of nitrogens with one attached hydrogen (secondary N) is 3. The molecule has 3 heterocycles. The van der Waals surface area contributed by atoms with Crippen molar-refractivity contribution in [3.63, 3.8) is 0 Å². The lowest BCUT2D eigenvalue weighted by atomic mass is 9.74. The SMILES string of the molecule is CC1(C)CCNCC1CNc1ccc2c(c1)C(=O)N(C1CCC(=O)NC1=O)C2=O. The summed E-state index contributed by atoms with van der Waals surface area (Å²) < 4.78 is 0. The molecule has 3 aliphatic heterocycles. The van der Waals surface area contributed by atoms with Crippen LogP contribution < -0.4 is 16.0 Å². The number of hydrogen-bond acceptors (Lipinski definition) is 6. The molecule has 2 atom stereocenters. The third-order valence-corrected chi connectivity index (χ3v) is 6.43. The number of carbonyl (C=O) groups is 4. The minimum absolute atomic E-state index is 0.113. The summed E-state index contributed by atoms with van der Waals surface area (Å²) in [6.07, 6.45) is 1.38. The summed E-state index contributed by atoms with van der Waals surface area (Å²) in [5.74, 6) is -1.50. The van der Waals surface area contributed by atoms with Crippen LogP contribution in [-0.2, 0) is 9.59 Å². The summed E-state index contributed by atoms with van der Waals surface area (Å²) in [7, 11) is 0. The number of imide groups is 2. The summed E-state index contributed by atoms with van der Waals surface area (Å²) in [6, 6.07) is 4.17. The first-order valence-electron chi connectivity index (χ1n) is 10.1. The van der Waals surface area contributed by atoms with Crippen LogP contribution in [0.1, 0.15) is 53.8 Å². The second-order valence-electron chi connectivity index (χ2n) is 8.73. The molecule has 0 saturated carbocycles. The number of benzene rings is 1. The van der Waals surface area contributed by atoms with Crippen molar-refractivity contribution in [2.75, 3.05) is 25.0 Å². The van der Waals surface area contributed by atoms with Gasteiger partial charge in [-0.25, -0.2) is 0 Å². The molecule has 0 aliphatic carbocycles. The molecular formula is C21H26N4O4. The van der Waals surface area contributed by atoms with E-state index in [0.717, 1.165) is 36.6 Å². The van der Waals surface area contributed by atoms with E-state index in [1.807, 2.05) is 0 Å². The quantitative estimate of drug-likeness (QED) is 0.657. The summed E-state index contributed by atoms with van der Waals surface area (Å²) in [4.78, 5) is 50.2. The number of rotatable bonds is 4. The maximum Gasteiger partial charge on any atom is 0.262 e. The molecule has 1 aromatic carbocycles. The molecule has 29 heavy (non-hydrogen) atoms. The zero-order valence-corrected chi connectivity index (χ0v) is 16.7. The lowest BCUT2D eigenvalue weighted by Gasteiger charge is -2.39. The average Bonchev–Trinajstić information content (AvgIpc) is 2.91. The standard InChI is InChI=1S/C21H26N4O4/c1-21(2)7-8-22-10-12(21)11-23-13-3-4-14-15(9-13)20(29)25(19(14)28)16-5-6-17(26)24-18(16)27/h3-4,9,12,16,22-23H,5-8,10-11H2,1-2H3,(H,24,26,27). The fourth-order valence-corrected chi connectivity index (χ4v) is 4.34. The van der Waals surface area contributed by atoms with Gasteiger partial charge < -0.3 is 10.6 Å². The van der Waals surface area contributed by atoms with Gasteiger partial charge in [-0.2, -0.15) is 0 Å². The van der Waals surface area contributed by atoms with Gasteiger partial charge in [0, 0.05) is 25.2 Å². The predicted octanol–water partition coefficient (Wildman–Crippen LogP) is 1.14. The number of piperidine rings is 2. The number of fused-ring (bicyclic) bond motifs is 1. The van der Waals surface area contributed by atoms with Crippen LogP contribution in [0.4, 0.5) is 5.69 Å². The zero-order chi connectivity index (χ0) is 20.8. The Hall–Kier alpha value is -2.74. The molecule has 4 rings (SSSR count). The maximum absolute atomic E-state index is 12.9. The van der Waals surface area contributed by atoms with Crippen LogP contribution in [0.2, 0.25) is 0 Å². The molecule has 0 bridgehead atoms. The Kier molecular flexibility index (Phi) is 4.90. The van der Waals surface area contributed by atoms with Gasteiger partial charge in [-0.15, -0.1) is 0 Å². The van der Waals surface area contributed by atoms with Crippen molar-refractivity contribution in [3.8, 4) is 0 Å². The van der Waals surface area contributed by atoms with E-state index in [4.69, 9.17) is 0 Å². The number of carbonyl (C=O) groups excluding carboxylic acids is 4. The highest BCUT2D eigenvalue weighted by atomic mass is 16.2. The summed E-state index contributed by atoms with van der Waals surface area (Å²) in [5, 5.41) is 9.03. The molecule has 3 aliphatic rings. The van der Waals surface area contributed by atoms with Gasteiger partial charge in [-0.3, -0.25) is 29.4 Å². The van der Waals surface area contributed by atoms with E-state index in [0.29, 0.717) is 17.0 Å². The van der Waals surface area contributed by atoms with Crippen molar-refractivity contribution in [1.82, 2.24) is 15.5 Å². The van der Waals surface area contributed by atoms with Gasteiger partial charge >= 0.3 is 0 Å². The van der Waals surface area contributed by atoms with Crippen LogP contribution in [0.25, 0.3) is 0 Å². The average molecular weight is 398 g/mol. The summed E-state index contributed by atoms with van der Waals surface area (Å²) >= 11 is 0. The fourth-order valence-electron chi connectivity index (χ4n) is 4.34. The fraction of sp³-hybridized carbons (Fsp3) is 0.524. The van der Waals surface area contributed by atoms with Crippen LogP contribution in [0.3, 0.4) is 0 Å². The lowest BCUT2D eigenvalue weighted by Crippen LogP contribution is -2.54. The second kappa shape index (κ2) is 7.26. The lowest BCUT2D eigenvalue weighted by molar-refractivity contribution is -0.136. The van der Waals surface area contributed by atoms with E-state index in [1.165, 1.54) is 0 Å². The van der Waals surface area contributed by atoms with E-state index in [2.05, 4.69) is 29.8 Å². The molecule has 2 saturated heterocycles. The van der Waals surface area contributed by atoms with Crippen LogP contribution in [0, 0.1) is 11.3 Å². The van der Waals surface area contributed by atoms with Crippen molar-refractivity contribution in [2.24, 2.45) is 11.3 Å². The Balaban J connectivity index is 1.50. The Morgan fingerprint density at radius 2 is 1.90 bits per heavy atom. The highest BCUT2D eigenvalue weighted by Gasteiger charge is 2.44. The van der Waals surface area contributed by atoms with Gasteiger partial charge in [-0.1, -0.05) is 13.8 Å². The molecule has 3 N–H and O–H groups in total. The molecule has 0 radical (unpaired) electrons. The minimum Gasteiger partial charge on any atom is -0.385 e. The number of amides is 4. The summed E-state index contributed by atoms with van der Waals surface area (Å²) in [5.41, 5.74) is 1.59. The second-order valence-corrected chi connectivity index (χ2v) is 8.73. The number of hydrogen-bond donors (Lipinski definition) is 3. The molecule has 154 valence electrons. The summed E-state index contributed by atoms with van der Waals surface area (Å²) in [6.45, 7) is 7.25. The third-order valence-electron chi connectivity index (χ3n) is 6.43. The largest absolute Gasteiger partial charge is 0.385 e. The molecule has 0 aromatic heterocycles. The van der Waals surface area contributed by atoms with Crippen molar-refractivity contribution < 1.29 is 19.2 Å². The topological polar surface area (TPSA) is 108 Å². The van der Waals surface area contributed by atoms with Crippen molar-refractivity contribution in [1.29, 1.82) is 0 Å². The van der Waals surface area contributed by atoms with Crippen LogP contribution in [0.15, 0.2) is 18.2 Å². The van der Waals surface area contributed by atoms with Crippen molar-refractivity contribution in [2.45, 2.75) is 39.2 Å². The predicted molar refractivity (Wildman–Crippen MR) is 106 cm³/mol. The molecule has 8 heteroatoms. The zero-order valence-electron chi connectivity index (χ0n) is 16.7. The van der Waals surface area contributed by atoms with E-state index < -0.39 is 23.8 Å². The highest BCUT2D eigenvalue weighted by Crippen LogP contribution is 2.34.